The van der Waals surface area contributed by atoms with Crippen LogP contribution in [0.25, 0.3) is 0 Å². The van der Waals surface area contributed by atoms with E-state index < -0.39 is 5.97 Å². The molecule has 0 unspecified atom stereocenters. The average molecular weight is 414 g/mol. The van der Waals surface area contributed by atoms with E-state index in [2.05, 4.69) is 11.9 Å². The summed E-state index contributed by atoms with van der Waals surface area (Å²) in [6.45, 7) is 2.73. The molecule has 0 atom stereocenters. The van der Waals surface area contributed by atoms with Gasteiger partial charge in [0.1, 0.15) is 17.2 Å². The summed E-state index contributed by atoms with van der Waals surface area (Å²) in [5.74, 6) is 0.329. The summed E-state index contributed by atoms with van der Waals surface area (Å²) in [5, 5.41) is 19.1. The van der Waals surface area contributed by atoms with Crippen LogP contribution in [0.4, 0.5) is 5.69 Å². The molecule has 0 bridgehead atoms. The number of carbonyl (C=O) groups is 1. The maximum absolute atomic E-state index is 12.4. The van der Waals surface area contributed by atoms with Gasteiger partial charge >= 0.3 is 5.97 Å². The van der Waals surface area contributed by atoms with Gasteiger partial charge in [0.2, 0.25) is 0 Å². The monoisotopic (exact) mass is 414 g/mol. The smallest absolute Gasteiger partial charge is 0.343 e. The van der Waals surface area contributed by atoms with Crippen LogP contribution in [0.15, 0.2) is 71.7 Å². The van der Waals surface area contributed by atoms with Crippen LogP contribution in [-0.4, -0.2) is 23.9 Å². The molecule has 0 amide bonds. The third-order valence-electron chi connectivity index (χ3n) is 4.42. The molecule has 3 aromatic carbocycles. The van der Waals surface area contributed by atoms with Crippen molar-refractivity contribution in [1.82, 2.24) is 0 Å². The summed E-state index contributed by atoms with van der Waals surface area (Å²) in [7, 11) is 0. The van der Waals surface area contributed by atoms with E-state index in [0.717, 1.165) is 12.8 Å². The number of hydrogen-bond donors (Lipinski definition) is 1. The second-order valence-electron chi connectivity index (χ2n) is 6.75. The van der Waals surface area contributed by atoms with Gasteiger partial charge in [-0.3, -0.25) is 4.99 Å². The topological polar surface area (TPSA) is 91.9 Å². The third kappa shape index (κ3) is 6.18. The summed E-state index contributed by atoms with van der Waals surface area (Å²) in [5.41, 5.74) is 2.05. The Morgan fingerprint density at radius 3 is 2.42 bits per heavy atom. The molecule has 0 fully saturated rings. The van der Waals surface area contributed by atoms with Crippen LogP contribution < -0.4 is 9.47 Å². The number of esters is 1. The quantitative estimate of drug-likeness (QED) is 0.230. The van der Waals surface area contributed by atoms with Gasteiger partial charge in [-0.2, -0.15) is 5.26 Å². The fourth-order valence-corrected chi connectivity index (χ4v) is 2.65. The Labute approximate surface area is 181 Å². The lowest BCUT2D eigenvalue weighted by Crippen LogP contribution is -2.08. The first-order valence-corrected chi connectivity index (χ1v) is 9.91. The molecule has 0 spiro atoms. The molecule has 3 aromatic rings. The van der Waals surface area contributed by atoms with Crippen molar-refractivity contribution in [2.75, 3.05) is 6.61 Å². The first-order chi connectivity index (χ1) is 15.1. The molecule has 0 aliphatic carbocycles. The van der Waals surface area contributed by atoms with Crippen molar-refractivity contribution >= 4 is 17.9 Å². The normalized spacial score (nSPS) is 10.6. The fraction of sp³-hybridized carbons (Fsp3) is 0.160. The highest BCUT2D eigenvalue weighted by molar-refractivity contribution is 5.91. The number of unbranched alkanes of at least 4 members (excludes halogenated alkanes) is 1. The van der Waals surface area contributed by atoms with Gasteiger partial charge in [-0.1, -0.05) is 13.3 Å². The number of phenols is 1. The molecule has 0 aromatic heterocycles. The number of ether oxygens (including phenoxy) is 2. The Balaban J connectivity index is 1.62. The summed E-state index contributed by atoms with van der Waals surface area (Å²) in [6, 6.07) is 20.1. The zero-order valence-electron chi connectivity index (χ0n) is 17.1. The molecule has 0 radical (unpaired) electrons. The maximum Gasteiger partial charge on any atom is 0.343 e. The highest BCUT2D eigenvalue weighted by atomic mass is 16.5. The van der Waals surface area contributed by atoms with Crippen LogP contribution in [0.3, 0.4) is 0 Å². The number of nitriles is 1. The van der Waals surface area contributed by atoms with E-state index in [-0.39, 0.29) is 11.5 Å². The van der Waals surface area contributed by atoms with Gasteiger partial charge in [-0.05, 0) is 67.1 Å². The Morgan fingerprint density at radius 1 is 1.06 bits per heavy atom. The Morgan fingerprint density at radius 2 is 1.77 bits per heavy atom. The summed E-state index contributed by atoms with van der Waals surface area (Å²) in [6.07, 6.45) is 3.53. The molecule has 6 heteroatoms. The van der Waals surface area contributed by atoms with Crippen molar-refractivity contribution in [1.29, 1.82) is 5.26 Å². The van der Waals surface area contributed by atoms with E-state index in [1.165, 1.54) is 12.3 Å². The molecule has 0 saturated heterocycles. The number of carbonyl (C=O) groups excluding carboxylic acids is 1. The summed E-state index contributed by atoms with van der Waals surface area (Å²) >= 11 is 0. The van der Waals surface area contributed by atoms with Crippen LogP contribution in [0.2, 0.25) is 0 Å². The lowest BCUT2D eigenvalue weighted by atomic mass is 10.2. The number of aromatic hydroxyl groups is 1. The number of aliphatic imine (C=N–C) groups is 1. The minimum atomic E-state index is -0.529. The van der Waals surface area contributed by atoms with E-state index in [4.69, 9.17) is 14.7 Å². The molecule has 0 heterocycles. The Hall–Kier alpha value is -4.11. The van der Waals surface area contributed by atoms with Gasteiger partial charge in [0.15, 0.2) is 0 Å². The standard InChI is InChI=1S/C25H22N2O4/c1-2-3-14-30-22-11-6-19(7-12-22)25(29)31-23-13-8-20(24(28)15-23)17-27-21-9-4-18(16-26)5-10-21/h4-13,15,17,28H,2-3,14H2,1H3. The van der Waals surface area contributed by atoms with E-state index in [0.29, 0.717) is 34.7 Å². The Kier molecular flexibility index (Phi) is 7.39. The van der Waals surface area contributed by atoms with Crippen LogP contribution in [0.1, 0.15) is 41.3 Å². The zero-order chi connectivity index (χ0) is 22.1. The number of hydrogen-bond acceptors (Lipinski definition) is 6. The highest BCUT2D eigenvalue weighted by Crippen LogP contribution is 2.24. The van der Waals surface area contributed by atoms with Crippen molar-refractivity contribution in [2.45, 2.75) is 19.8 Å². The number of benzene rings is 3. The average Bonchev–Trinajstić information content (AvgIpc) is 2.79. The van der Waals surface area contributed by atoms with Crippen LogP contribution in [0, 0.1) is 11.3 Å². The van der Waals surface area contributed by atoms with E-state index in [1.54, 1.807) is 60.7 Å². The maximum atomic E-state index is 12.4. The van der Waals surface area contributed by atoms with E-state index in [9.17, 15) is 9.90 Å². The SMILES string of the molecule is CCCCOc1ccc(C(=O)Oc2ccc(C=Nc3ccc(C#N)cc3)c(O)c2)cc1. The molecule has 1 N–H and O–H groups in total. The largest absolute Gasteiger partial charge is 0.507 e. The second kappa shape index (κ2) is 10.6. The number of rotatable bonds is 8. The number of nitrogens with zero attached hydrogens (tertiary/aromatic N) is 2. The minimum Gasteiger partial charge on any atom is -0.507 e. The minimum absolute atomic E-state index is 0.0673. The molecule has 0 aliphatic rings. The highest BCUT2D eigenvalue weighted by Gasteiger charge is 2.10. The van der Waals surface area contributed by atoms with Crippen LogP contribution in [0.5, 0.6) is 17.2 Å². The first kappa shape index (κ1) is 21.6. The zero-order valence-corrected chi connectivity index (χ0v) is 17.1. The molecule has 6 nitrogen and oxygen atoms in total. The molecular weight excluding hydrogens is 392 g/mol. The predicted molar refractivity (Wildman–Crippen MR) is 118 cm³/mol. The van der Waals surface area contributed by atoms with Gasteiger partial charge < -0.3 is 14.6 Å². The molecule has 156 valence electrons. The first-order valence-electron chi connectivity index (χ1n) is 9.91. The molecule has 31 heavy (non-hydrogen) atoms. The van der Waals surface area contributed by atoms with Gasteiger partial charge in [0.05, 0.1) is 29.5 Å². The second-order valence-corrected chi connectivity index (χ2v) is 6.75. The van der Waals surface area contributed by atoms with Gasteiger partial charge in [-0.25, -0.2) is 4.79 Å². The van der Waals surface area contributed by atoms with Crippen LogP contribution >= 0.6 is 0 Å². The van der Waals surface area contributed by atoms with E-state index >= 15 is 0 Å². The van der Waals surface area contributed by atoms with Gasteiger partial charge in [-0.15, -0.1) is 0 Å². The number of phenolic OH excluding ortho intramolecular Hbond substituents is 1. The lowest BCUT2D eigenvalue weighted by Gasteiger charge is -2.08. The fourth-order valence-electron chi connectivity index (χ4n) is 2.65. The lowest BCUT2D eigenvalue weighted by molar-refractivity contribution is 0.0734. The third-order valence-corrected chi connectivity index (χ3v) is 4.42. The molecule has 0 saturated carbocycles. The van der Waals surface area contributed by atoms with Crippen molar-refractivity contribution < 1.29 is 19.4 Å². The van der Waals surface area contributed by atoms with Crippen molar-refractivity contribution in [3.63, 3.8) is 0 Å². The van der Waals surface area contributed by atoms with E-state index in [1.807, 2.05) is 6.07 Å². The van der Waals surface area contributed by atoms with Gasteiger partial charge in [0.25, 0.3) is 0 Å². The van der Waals surface area contributed by atoms with Crippen molar-refractivity contribution in [2.24, 2.45) is 4.99 Å². The predicted octanol–water partition coefficient (Wildman–Crippen LogP) is 5.41. The molecule has 3 rings (SSSR count). The van der Waals surface area contributed by atoms with Crippen molar-refractivity contribution in [3.8, 4) is 23.3 Å². The molecule has 0 aliphatic heterocycles. The van der Waals surface area contributed by atoms with Crippen LogP contribution in [-0.2, 0) is 0 Å². The Bertz CT molecular complexity index is 1100. The summed E-state index contributed by atoms with van der Waals surface area (Å²) in [4.78, 5) is 16.6. The molecular formula is C25H22N2O4. The van der Waals surface area contributed by atoms with Crippen molar-refractivity contribution in [3.05, 3.63) is 83.4 Å². The summed E-state index contributed by atoms with van der Waals surface area (Å²) < 4.78 is 10.9. The van der Waals surface area contributed by atoms with Gasteiger partial charge in [0, 0.05) is 17.8 Å².